The Morgan fingerprint density at radius 2 is 1.96 bits per heavy atom. The summed E-state index contributed by atoms with van der Waals surface area (Å²) in [5.41, 5.74) is 5.10. The van der Waals surface area contributed by atoms with E-state index in [0.717, 1.165) is 28.8 Å². The second kappa shape index (κ2) is 7.19. The monoisotopic (exact) mass is 375 g/mol. The van der Waals surface area contributed by atoms with E-state index >= 15 is 0 Å². The molecule has 4 rings (SSSR count). The van der Waals surface area contributed by atoms with Crippen molar-refractivity contribution in [3.05, 3.63) is 65.2 Å². The van der Waals surface area contributed by atoms with Crippen LogP contribution < -0.4 is 4.74 Å². The minimum absolute atomic E-state index is 0.0341. The highest BCUT2D eigenvalue weighted by atomic mass is 32.1. The molecule has 0 bridgehead atoms. The van der Waals surface area contributed by atoms with Gasteiger partial charge in [0.1, 0.15) is 11.8 Å². The lowest BCUT2D eigenvalue weighted by Gasteiger charge is -2.11. The van der Waals surface area contributed by atoms with Gasteiger partial charge in [-0.3, -0.25) is 0 Å². The number of rotatable bonds is 4. The maximum Gasteiger partial charge on any atom is 0.137 e. The Kier molecular flexibility index (Phi) is 4.73. The molecule has 136 valence electrons. The predicted molar refractivity (Wildman–Crippen MR) is 109 cm³/mol. The van der Waals surface area contributed by atoms with Crippen molar-refractivity contribution in [3.8, 4) is 32.7 Å². The third-order valence-electron chi connectivity index (χ3n) is 4.86. The van der Waals surface area contributed by atoms with E-state index in [1.165, 1.54) is 16.0 Å². The molecule has 4 heteroatoms. The van der Waals surface area contributed by atoms with Gasteiger partial charge in [-0.2, -0.15) is 5.26 Å². The zero-order valence-electron chi connectivity index (χ0n) is 15.4. The Morgan fingerprint density at radius 3 is 2.74 bits per heavy atom. The van der Waals surface area contributed by atoms with Crippen molar-refractivity contribution in [2.24, 2.45) is 0 Å². The van der Waals surface area contributed by atoms with Crippen molar-refractivity contribution in [3.63, 3.8) is 0 Å². The molecule has 2 aromatic carbocycles. The first-order valence-corrected chi connectivity index (χ1v) is 9.99. The second-order valence-electron chi connectivity index (χ2n) is 7.08. The van der Waals surface area contributed by atoms with Crippen LogP contribution in [0.25, 0.3) is 20.9 Å². The molecule has 0 amide bonds. The summed E-state index contributed by atoms with van der Waals surface area (Å²) in [7, 11) is 0. The molecule has 1 heterocycles. The van der Waals surface area contributed by atoms with E-state index in [1.54, 1.807) is 11.3 Å². The Bertz CT molecular complexity index is 1030. The van der Waals surface area contributed by atoms with Crippen molar-refractivity contribution in [2.45, 2.75) is 38.9 Å². The molecule has 3 aromatic rings. The largest absolute Gasteiger partial charge is 0.490 e. The first kappa shape index (κ1) is 17.8. The van der Waals surface area contributed by atoms with Crippen LogP contribution >= 0.6 is 11.3 Å². The van der Waals surface area contributed by atoms with Crippen LogP contribution in [0.4, 0.5) is 0 Å². The van der Waals surface area contributed by atoms with Crippen molar-refractivity contribution in [1.82, 2.24) is 0 Å². The Balaban J connectivity index is 1.69. The summed E-state index contributed by atoms with van der Waals surface area (Å²) in [5, 5.41) is 19.6. The molecular formula is C23H21NO2S. The molecule has 0 radical (unpaired) electrons. The molecule has 1 aliphatic carbocycles. The maximum atomic E-state index is 10.1. The molecule has 1 N–H and O–H groups in total. The standard InChI is InChI=1S/C23H21NO2S/c1-14(2)26-21-9-6-15(12-16(21)13-24)22-10-11-23(27-22)19-5-3-4-18-17(19)7-8-20(18)25/h3-6,9-12,14,20,25H,7-8H2,1-2H3. The van der Waals surface area contributed by atoms with Gasteiger partial charge in [-0.1, -0.05) is 18.2 Å². The topological polar surface area (TPSA) is 53.2 Å². The summed E-state index contributed by atoms with van der Waals surface area (Å²) in [4.78, 5) is 2.31. The van der Waals surface area contributed by atoms with E-state index < -0.39 is 0 Å². The Morgan fingerprint density at radius 1 is 1.15 bits per heavy atom. The summed E-state index contributed by atoms with van der Waals surface area (Å²) in [5.74, 6) is 0.628. The van der Waals surface area contributed by atoms with Gasteiger partial charge in [0, 0.05) is 9.75 Å². The van der Waals surface area contributed by atoms with Gasteiger partial charge >= 0.3 is 0 Å². The van der Waals surface area contributed by atoms with Gasteiger partial charge in [-0.05, 0) is 79.3 Å². The first-order chi connectivity index (χ1) is 13.1. The number of hydrogen-bond acceptors (Lipinski definition) is 4. The second-order valence-corrected chi connectivity index (χ2v) is 8.16. The summed E-state index contributed by atoms with van der Waals surface area (Å²) >= 11 is 1.71. The zero-order valence-corrected chi connectivity index (χ0v) is 16.2. The quantitative estimate of drug-likeness (QED) is 0.634. The van der Waals surface area contributed by atoms with Gasteiger partial charge in [0.05, 0.1) is 17.8 Å². The van der Waals surface area contributed by atoms with E-state index in [1.807, 2.05) is 44.2 Å². The van der Waals surface area contributed by atoms with E-state index in [0.29, 0.717) is 11.3 Å². The van der Waals surface area contributed by atoms with Crippen LogP contribution in [0.2, 0.25) is 0 Å². The molecule has 0 saturated carbocycles. The fourth-order valence-corrected chi connectivity index (χ4v) is 4.68. The summed E-state index contributed by atoms with van der Waals surface area (Å²) in [6.45, 7) is 3.91. The molecule has 1 aliphatic rings. The van der Waals surface area contributed by atoms with Crippen LogP contribution in [-0.2, 0) is 6.42 Å². The maximum absolute atomic E-state index is 10.1. The predicted octanol–water partition coefficient (Wildman–Crippen LogP) is 5.72. The third-order valence-corrected chi connectivity index (χ3v) is 6.03. The molecular weight excluding hydrogens is 354 g/mol. The molecule has 0 aliphatic heterocycles. The highest BCUT2D eigenvalue weighted by Gasteiger charge is 2.23. The Hall–Kier alpha value is -2.61. The zero-order chi connectivity index (χ0) is 19.0. The van der Waals surface area contributed by atoms with Gasteiger partial charge in [-0.15, -0.1) is 11.3 Å². The summed E-state index contributed by atoms with van der Waals surface area (Å²) in [6, 6.07) is 18.4. The average molecular weight is 375 g/mol. The number of hydrogen-bond donors (Lipinski definition) is 1. The molecule has 1 unspecified atom stereocenters. The normalized spacial score (nSPS) is 15.6. The molecule has 0 saturated heterocycles. The fourth-order valence-electron chi connectivity index (χ4n) is 3.63. The highest BCUT2D eigenvalue weighted by Crippen LogP contribution is 2.42. The molecule has 3 nitrogen and oxygen atoms in total. The summed E-state index contributed by atoms with van der Waals surface area (Å²) < 4.78 is 5.72. The van der Waals surface area contributed by atoms with Crippen molar-refractivity contribution >= 4 is 11.3 Å². The minimum Gasteiger partial charge on any atom is -0.490 e. The lowest BCUT2D eigenvalue weighted by atomic mass is 10.0. The Labute approximate surface area is 163 Å². The van der Waals surface area contributed by atoms with Crippen molar-refractivity contribution in [1.29, 1.82) is 5.26 Å². The summed E-state index contributed by atoms with van der Waals surface area (Å²) in [6.07, 6.45) is 1.41. The number of nitriles is 1. The van der Waals surface area contributed by atoms with E-state index in [9.17, 15) is 10.4 Å². The number of aliphatic hydroxyl groups is 1. The third kappa shape index (κ3) is 3.37. The molecule has 1 atom stereocenters. The first-order valence-electron chi connectivity index (χ1n) is 9.18. The van der Waals surface area contributed by atoms with Gasteiger partial charge < -0.3 is 9.84 Å². The van der Waals surface area contributed by atoms with Crippen molar-refractivity contribution in [2.75, 3.05) is 0 Å². The van der Waals surface area contributed by atoms with Gasteiger partial charge in [0.15, 0.2) is 0 Å². The molecule has 27 heavy (non-hydrogen) atoms. The smallest absolute Gasteiger partial charge is 0.137 e. The number of thiophene rings is 1. The average Bonchev–Trinajstić information content (AvgIpc) is 3.29. The SMILES string of the molecule is CC(C)Oc1ccc(-c2ccc(-c3cccc4c3CCC4O)s2)cc1C#N. The minimum atomic E-state index is -0.342. The van der Waals surface area contributed by atoms with Crippen LogP contribution in [0.3, 0.4) is 0 Å². The molecule has 1 aromatic heterocycles. The van der Waals surface area contributed by atoms with Gasteiger partial charge in [0.2, 0.25) is 0 Å². The molecule has 0 fully saturated rings. The van der Waals surface area contributed by atoms with Crippen LogP contribution in [-0.4, -0.2) is 11.2 Å². The van der Waals surface area contributed by atoms with Crippen LogP contribution in [0, 0.1) is 11.3 Å². The molecule has 0 spiro atoms. The number of fused-ring (bicyclic) bond motifs is 1. The number of nitrogens with zero attached hydrogens (tertiary/aromatic N) is 1. The van der Waals surface area contributed by atoms with Crippen LogP contribution in [0.15, 0.2) is 48.5 Å². The van der Waals surface area contributed by atoms with E-state index in [-0.39, 0.29) is 12.2 Å². The van der Waals surface area contributed by atoms with Gasteiger partial charge in [-0.25, -0.2) is 0 Å². The lowest BCUT2D eigenvalue weighted by molar-refractivity contribution is 0.180. The van der Waals surface area contributed by atoms with E-state index in [4.69, 9.17) is 4.74 Å². The number of ether oxygens (including phenoxy) is 1. The number of benzene rings is 2. The van der Waals surface area contributed by atoms with Crippen LogP contribution in [0.5, 0.6) is 5.75 Å². The number of aliphatic hydroxyl groups excluding tert-OH is 1. The fraction of sp³-hybridized carbons (Fsp3) is 0.261. The van der Waals surface area contributed by atoms with Gasteiger partial charge in [0.25, 0.3) is 0 Å². The van der Waals surface area contributed by atoms with Crippen molar-refractivity contribution < 1.29 is 9.84 Å². The lowest BCUT2D eigenvalue weighted by Crippen LogP contribution is -2.06. The van der Waals surface area contributed by atoms with Crippen LogP contribution in [0.1, 0.15) is 43.1 Å². The van der Waals surface area contributed by atoms with E-state index in [2.05, 4.69) is 24.3 Å². The highest BCUT2D eigenvalue weighted by molar-refractivity contribution is 7.18.